The fraction of sp³-hybridized carbons (Fsp3) is 0.538. The number of rotatable bonds is 4. The first-order chi connectivity index (χ1) is 8.53. The van der Waals surface area contributed by atoms with Crippen LogP contribution in [0.2, 0.25) is 0 Å². The van der Waals surface area contributed by atoms with Gasteiger partial charge in [0.25, 0.3) is 0 Å². The van der Waals surface area contributed by atoms with Crippen LogP contribution in [-0.4, -0.2) is 21.6 Å². The minimum Gasteiger partial charge on any atom is -0.490 e. The Balaban J connectivity index is 2.08. The van der Waals surface area contributed by atoms with Crippen LogP contribution >= 0.6 is 0 Å². The molecule has 0 bridgehead atoms. The Kier molecular flexibility index (Phi) is 3.92. The molecule has 5 heteroatoms. The van der Waals surface area contributed by atoms with Crippen molar-refractivity contribution in [3.8, 4) is 5.75 Å². The topological polar surface area (TPSA) is 55.4 Å². The highest BCUT2D eigenvalue weighted by Gasteiger charge is 2.25. The molecule has 100 valence electrons. The molecule has 1 saturated carbocycles. The monoisotopic (exact) mass is 269 g/mol. The fourth-order valence-corrected chi connectivity index (χ4v) is 3.01. The van der Waals surface area contributed by atoms with Crippen molar-refractivity contribution in [2.75, 3.05) is 7.05 Å². The van der Waals surface area contributed by atoms with Crippen molar-refractivity contribution in [3.05, 3.63) is 24.3 Å². The van der Waals surface area contributed by atoms with Crippen LogP contribution in [-0.2, 0) is 10.0 Å². The van der Waals surface area contributed by atoms with Gasteiger partial charge in [-0.2, -0.15) is 0 Å². The predicted molar refractivity (Wildman–Crippen MR) is 70.1 cm³/mol. The van der Waals surface area contributed by atoms with Crippen LogP contribution in [0, 0.1) is 5.92 Å². The Hall–Kier alpha value is -1.07. The van der Waals surface area contributed by atoms with E-state index in [-0.39, 0.29) is 11.0 Å². The molecular formula is C13H19NO3S. The summed E-state index contributed by atoms with van der Waals surface area (Å²) in [6.45, 7) is 2.19. The molecule has 1 aromatic carbocycles. The Morgan fingerprint density at radius 1 is 1.22 bits per heavy atom. The van der Waals surface area contributed by atoms with E-state index in [2.05, 4.69) is 11.6 Å². The van der Waals surface area contributed by atoms with Crippen molar-refractivity contribution in [1.29, 1.82) is 0 Å². The lowest BCUT2D eigenvalue weighted by Gasteiger charge is -2.18. The summed E-state index contributed by atoms with van der Waals surface area (Å²) >= 11 is 0. The van der Waals surface area contributed by atoms with Crippen molar-refractivity contribution in [2.24, 2.45) is 5.92 Å². The SMILES string of the molecule is CNS(=O)(=O)c1ccc(O[C@@H]2CCC[C@@H]2C)cc1. The van der Waals surface area contributed by atoms with Gasteiger partial charge < -0.3 is 4.74 Å². The number of ether oxygens (including phenoxy) is 1. The molecule has 1 aliphatic carbocycles. The molecule has 0 amide bonds. The zero-order chi connectivity index (χ0) is 13.2. The number of hydrogen-bond donors (Lipinski definition) is 1. The van der Waals surface area contributed by atoms with E-state index in [1.807, 2.05) is 0 Å². The van der Waals surface area contributed by atoms with Gasteiger partial charge in [0.1, 0.15) is 11.9 Å². The maximum atomic E-state index is 11.6. The summed E-state index contributed by atoms with van der Waals surface area (Å²) in [5.41, 5.74) is 0. The molecule has 4 nitrogen and oxygen atoms in total. The highest BCUT2D eigenvalue weighted by Crippen LogP contribution is 2.29. The summed E-state index contributed by atoms with van der Waals surface area (Å²) < 4.78 is 31.3. The van der Waals surface area contributed by atoms with E-state index in [1.54, 1.807) is 24.3 Å². The molecule has 0 spiro atoms. The maximum absolute atomic E-state index is 11.6. The van der Waals surface area contributed by atoms with Crippen molar-refractivity contribution < 1.29 is 13.2 Å². The normalized spacial score (nSPS) is 24.1. The van der Waals surface area contributed by atoms with Gasteiger partial charge in [-0.1, -0.05) is 6.92 Å². The Morgan fingerprint density at radius 3 is 2.39 bits per heavy atom. The van der Waals surface area contributed by atoms with Crippen LogP contribution < -0.4 is 9.46 Å². The van der Waals surface area contributed by atoms with Crippen LogP contribution in [0.15, 0.2) is 29.2 Å². The first-order valence-corrected chi connectivity index (χ1v) is 7.71. The number of hydrogen-bond acceptors (Lipinski definition) is 3. The lowest BCUT2D eigenvalue weighted by Crippen LogP contribution is -2.20. The third-order valence-corrected chi connectivity index (χ3v) is 4.90. The molecule has 18 heavy (non-hydrogen) atoms. The van der Waals surface area contributed by atoms with Gasteiger partial charge in [0.15, 0.2) is 0 Å². The number of sulfonamides is 1. The third-order valence-electron chi connectivity index (χ3n) is 3.47. The second-order valence-electron chi connectivity index (χ2n) is 4.74. The first-order valence-electron chi connectivity index (χ1n) is 6.23. The summed E-state index contributed by atoms with van der Waals surface area (Å²) in [5.74, 6) is 1.31. The van der Waals surface area contributed by atoms with Crippen LogP contribution in [0.4, 0.5) is 0 Å². The lowest BCUT2D eigenvalue weighted by atomic mass is 10.1. The van der Waals surface area contributed by atoms with Crippen molar-refractivity contribution in [1.82, 2.24) is 4.72 Å². The van der Waals surface area contributed by atoms with Gasteiger partial charge in [-0.25, -0.2) is 13.1 Å². The molecule has 1 aromatic rings. The van der Waals surface area contributed by atoms with E-state index in [9.17, 15) is 8.42 Å². The van der Waals surface area contributed by atoms with Gasteiger partial charge >= 0.3 is 0 Å². The predicted octanol–water partition coefficient (Wildman–Crippen LogP) is 2.16. The Bertz CT molecular complexity index is 495. The van der Waals surface area contributed by atoms with E-state index < -0.39 is 10.0 Å². The molecule has 2 rings (SSSR count). The molecule has 0 aromatic heterocycles. The highest BCUT2D eigenvalue weighted by molar-refractivity contribution is 7.89. The van der Waals surface area contributed by atoms with E-state index in [0.29, 0.717) is 5.92 Å². The van der Waals surface area contributed by atoms with Gasteiger partial charge in [0, 0.05) is 0 Å². The summed E-state index contributed by atoms with van der Waals surface area (Å²) in [4.78, 5) is 0.261. The number of benzene rings is 1. The molecule has 2 atom stereocenters. The zero-order valence-electron chi connectivity index (χ0n) is 10.7. The van der Waals surface area contributed by atoms with Crippen LogP contribution in [0.25, 0.3) is 0 Å². The minimum absolute atomic E-state index is 0.261. The molecule has 0 unspecified atom stereocenters. The van der Waals surface area contributed by atoms with Gasteiger partial charge in [0.05, 0.1) is 4.90 Å². The summed E-state index contributed by atoms with van der Waals surface area (Å²) in [6.07, 6.45) is 3.75. The van der Waals surface area contributed by atoms with Gasteiger partial charge in [0.2, 0.25) is 10.0 Å². The van der Waals surface area contributed by atoms with Crippen molar-refractivity contribution in [2.45, 2.75) is 37.2 Å². The van der Waals surface area contributed by atoms with Gasteiger partial charge in [-0.15, -0.1) is 0 Å². The van der Waals surface area contributed by atoms with E-state index in [0.717, 1.165) is 12.2 Å². The highest BCUT2D eigenvalue weighted by atomic mass is 32.2. The van der Waals surface area contributed by atoms with Gasteiger partial charge in [-0.3, -0.25) is 0 Å². The van der Waals surface area contributed by atoms with E-state index in [4.69, 9.17) is 4.74 Å². The minimum atomic E-state index is -3.36. The fourth-order valence-electron chi connectivity index (χ4n) is 2.28. The largest absolute Gasteiger partial charge is 0.490 e. The van der Waals surface area contributed by atoms with Gasteiger partial charge in [-0.05, 0) is 56.5 Å². The average Bonchev–Trinajstić information content (AvgIpc) is 2.76. The van der Waals surface area contributed by atoms with Crippen molar-refractivity contribution >= 4 is 10.0 Å². The number of nitrogens with one attached hydrogen (secondary N) is 1. The molecule has 0 radical (unpaired) electrons. The van der Waals surface area contributed by atoms with E-state index in [1.165, 1.54) is 19.9 Å². The summed E-state index contributed by atoms with van der Waals surface area (Å²) in [6, 6.07) is 6.58. The quantitative estimate of drug-likeness (QED) is 0.911. The van der Waals surface area contributed by atoms with Crippen LogP contribution in [0.3, 0.4) is 0 Å². The molecule has 0 saturated heterocycles. The average molecular weight is 269 g/mol. The standard InChI is InChI=1S/C13H19NO3S/c1-10-4-3-5-13(10)17-11-6-8-12(9-7-11)18(15,16)14-2/h6-10,13-14H,3-5H2,1-2H3/t10-,13+/m0/s1. The smallest absolute Gasteiger partial charge is 0.240 e. The van der Waals surface area contributed by atoms with Crippen molar-refractivity contribution in [3.63, 3.8) is 0 Å². The zero-order valence-corrected chi connectivity index (χ0v) is 11.5. The molecule has 1 N–H and O–H groups in total. The second kappa shape index (κ2) is 5.28. The summed E-state index contributed by atoms with van der Waals surface area (Å²) in [5, 5.41) is 0. The first kappa shape index (κ1) is 13.4. The maximum Gasteiger partial charge on any atom is 0.240 e. The molecule has 0 aliphatic heterocycles. The third kappa shape index (κ3) is 2.84. The second-order valence-corrected chi connectivity index (χ2v) is 6.63. The van der Waals surface area contributed by atoms with Crippen LogP contribution in [0.5, 0.6) is 5.75 Å². The Morgan fingerprint density at radius 2 is 1.89 bits per heavy atom. The van der Waals surface area contributed by atoms with Crippen LogP contribution in [0.1, 0.15) is 26.2 Å². The molecule has 1 fully saturated rings. The molecule has 1 aliphatic rings. The van der Waals surface area contributed by atoms with E-state index >= 15 is 0 Å². The molecule has 0 heterocycles. The lowest BCUT2D eigenvalue weighted by molar-refractivity contribution is 0.167. The summed E-state index contributed by atoms with van der Waals surface area (Å²) in [7, 11) is -1.96. The molecular weight excluding hydrogens is 250 g/mol. The Labute approximate surface area is 108 Å².